The highest BCUT2D eigenvalue weighted by Crippen LogP contribution is 2.32. The van der Waals surface area contributed by atoms with Crippen molar-refractivity contribution in [2.45, 2.75) is 6.18 Å². The molecule has 0 unspecified atom stereocenters. The van der Waals surface area contributed by atoms with Gasteiger partial charge in [0.05, 0.1) is 17.4 Å². The number of nitrogens with zero attached hydrogens (tertiary/aromatic N) is 5. The Labute approximate surface area is 194 Å². The summed E-state index contributed by atoms with van der Waals surface area (Å²) in [5.41, 5.74) is 1.13. The summed E-state index contributed by atoms with van der Waals surface area (Å²) >= 11 is 0. The molecule has 2 aromatic heterocycles. The minimum absolute atomic E-state index is 0.158. The number of hydrogen-bond donors (Lipinski definition) is 0. The second-order valence-electron chi connectivity index (χ2n) is 8.05. The highest BCUT2D eigenvalue weighted by molar-refractivity contribution is 5.97. The first-order chi connectivity index (χ1) is 16.4. The van der Waals surface area contributed by atoms with Crippen molar-refractivity contribution in [2.75, 3.05) is 31.1 Å². The molecule has 4 aromatic rings. The van der Waals surface area contributed by atoms with Crippen LogP contribution in [0.25, 0.3) is 11.5 Å². The predicted molar refractivity (Wildman–Crippen MR) is 122 cm³/mol. The van der Waals surface area contributed by atoms with Crippen LogP contribution >= 0.6 is 0 Å². The molecule has 1 aliphatic rings. The predicted octanol–water partition coefficient (Wildman–Crippen LogP) is 4.64. The van der Waals surface area contributed by atoms with Gasteiger partial charge in [0.1, 0.15) is 5.56 Å². The average Bonchev–Trinajstić information content (AvgIpc) is 3.54. The largest absolute Gasteiger partial charge is 0.416 e. The third-order valence-corrected chi connectivity index (χ3v) is 5.93. The van der Waals surface area contributed by atoms with Crippen LogP contribution in [0.5, 0.6) is 0 Å². The number of alkyl halides is 3. The van der Waals surface area contributed by atoms with Crippen LogP contribution in [0.15, 0.2) is 85.3 Å². The normalized spacial score (nSPS) is 14.4. The summed E-state index contributed by atoms with van der Waals surface area (Å²) in [7, 11) is 0. The van der Waals surface area contributed by atoms with E-state index in [1.807, 2.05) is 64.3 Å². The molecule has 9 heteroatoms. The van der Waals surface area contributed by atoms with Crippen LogP contribution in [-0.2, 0) is 6.18 Å². The third kappa shape index (κ3) is 4.16. The van der Waals surface area contributed by atoms with Crippen molar-refractivity contribution in [1.29, 1.82) is 0 Å². The van der Waals surface area contributed by atoms with E-state index in [4.69, 9.17) is 0 Å². The Hall–Kier alpha value is -4.01. The molecule has 0 saturated carbocycles. The Morgan fingerprint density at radius 2 is 1.50 bits per heavy atom. The van der Waals surface area contributed by atoms with Crippen molar-refractivity contribution in [1.82, 2.24) is 19.2 Å². The number of benzene rings is 2. The van der Waals surface area contributed by atoms with Crippen LogP contribution in [0.4, 0.5) is 18.9 Å². The van der Waals surface area contributed by atoms with E-state index in [-0.39, 0.29) is 5.91 Å². The monoisotopic (exact) mass is 465 g/mol. The maximum atomic E-state index is 13.5. The lowest BCUT2D eigenvalue weighted by molar-refractivity contribution is -0.137. The standard InChI is InChI=1S/C25H22F3N5O/c26-25(27,28)19-7-6-10-21(17-19)30-13-15-32(16-14-30)24(34)22-18-29-33(20-8-2-1-3-9-20)23(22)31-11-4-5-12-31/h1-12,17-18H,13-16H2. The molecule has 0 atom stereocenters. The molecule has 0 N–H and O–H groups in total. The van der Waals surface area contributed by atoms with Crippen LogP contribution in [0.1, 0.15) is 15.9 Å². The van der Waals surface area contributed by atoms with Gasteiger partial charge >= 0.3 is 6.18 Å². The van der Waals surface area contributed by atoms with E-state index < -0.39 is 11.7 Å². The van der Waals surface area contributed by atoms with Crippen LogP contribution < -0.4 is 4.90 Å². The van der Waals surface area contributed by atoms with E-state index in [1.165, 1.54) is 6.07 Å². The molecular formula is C25H22F3N5O. The first kappa shape index (κ1) is 21.8. The quantitative estimate of drug-likeness (QED) is 0.441. The van der Waals surface area contributed by atoms with Crippen LogP contribution in [0, 0.1) is 0 Å². The molecular weight excluding hydrogens is 443 g/mol. The number of carbonyl (C=O) groups excluding carboxylic acids is 1. The summed E-state index contributed by atoms with van der Waals surface area (Å²) in [5, 5.41) is 4.48. The molecule has 6 nitrogen and oxygen atoms in total. The Morgan fingerprint density at radius 3 is 2.18 bits per heavy atom. The maximum absolute atomic E-state index is 13.5. The number of piperazine rings is 1. The van der Waals surface area contributed by atoms with E-state index in [0.29, 0.717) is 43.2 Å². The zero-order chi connectivity index (χ0) is 23.7. The fourth-order valence-corrected chi connectivity index (χ4v) is 4.19. The summed E-state index contributed by atoms with van der Waals surface area (Å²) < 4.78 is 42.8. The smallest absolute Gasteiger partial charge is 0.368 e. The average molecular weight is 465 g/mol. The van der Waals surface area contributed by atoms with Gasteiger partial charge in [-0.3, -0.25) is 4.79 Å². The summed E-state index contributed by atoms with van der Waals surface area (Å²) in [6.07, 6.45) is 0.906. The molecule has 1 fully saturated rings. The van der Waals surface area contributed by atoms with Crippen molar-refractivity contribution in [3.63, 3.8) is 0 Å². The van der Waals surface area contributed by atoms with Gasteiger partial charge in [-0.2, -0.15) is 18.3 Å². The van der Waals surface area contributed by atoms with Gasteiger partial charge in [-0.15, -0.1) is 0 Å². The molecule has 5 rings (SSSR count). The van der Waals surface area contributed by atoms with Gasteiger partial charge in [0.15, 0.2) is 5.82 Å². The number of aromatic nitrogens is 3. The second kappa shape index (κ2) is 8.74. The van der Waals surface area contributed by atoms with Gasteiger partial charge in [0.25, 0.3) is 5.91 Å². The number of amides is 1. The summed E-state index contributed by atoms with van der Waals surface area (Å²) in [5.74, 6) is 0.482. The Bertz CT molecular complexity index is 1270. The molecule has 0 aliphatic carbocycles. The molecule has 3 heterocycles. The van der Waals surface area contributed by atoms with Gasteiger partial charge in [0, 0.05) is 44.3 Å². The first-order valence-electron chi connectivity index (χ1n) is 10.9. The number of hydrogen-bond acceptors (Lipinski definition) is 3. The lowest BCUT2D eigenvalue weighted by Gasteiger charge is -2.36. The molecule has 34 heavy (non-hydrogen) atoms. The van der Waals surface area contributed by atoms with E-state index in [9.17, 15) is 18.0 Å². The van der Waals surface area contributed by atoms with E-state index >= 15 is 0 Å². The summed E-state index contributed by atoms with van der Waals surface area (Å²) in [6, 6.07) is 18.6. The molecule has 174 valence electrons. The number of halogens is 3. The van der Waals surface area contributed by atoms with Gasteiger partial charge in [-0.25, -0.2) is 4.68 Å². The minimum atomic E-state index is -4.39. The molecule has 1 aliphatic heterocycles. The van der Waals surface area contributed by atoms with Crippen molar-refractivity contribution in [2.24, 2.45) is 0 Å². The minimum Gasteiger partial charge on any atom is -0.368 e. The molecule has 1 saturated heterocycles. The fourth-order valence-electron chi connectivity index (χ4n) is 4.19. The van der Waals surface area contributed by atoms with Gasteiger partial charge in [-0.1, -0.05) is 24.3 Å². The van der Waals surface area contributed by atoms with Gasteiger partial charge < -0.3 is 14.4 Å². The van der Waals surface area contributed by atoms with Crippen molar-refractivity contribution in [3.05, 3.63) is 96.4 Å². The maximum Gasteiger partial charge on any atom is 0.416 e. The van der Waals surface area contributed by atoms with E-state index in [0.717, 1.165) is 17.8 Å². The zero-order valence-corrected chi connectivity index (χ0v) is 18.2. The van der Waals surface area contributed by atoms with Gasteiger partial charge in [-0.05, 0) is 42.5 Å². The zero-order valence-electron chi connectivity index (χ0n) is 18.2. The number of rotatable bonds is 4. The molecule has 0 spiro atoms. The second-order valence-corrected chi connectivity index (χ2v) is 8.05. The van der Waals surface area contributed by atoms with E-state index in [2.05, 4.69) is 5.10 Å². The van der Waals surface area contributed by atoms with Crippen molar-refractivity contribution < 1.29 is 18.0 Å². The Balaban J connectivity index is 1.37. The Kier molecular flexibility index (Phi) is 5.61. The van der Waals surface area contributed by atoms with Crippen LogP contribution in [-0.4, -0.2) is 51.3 Å². The number of anilines is 1. The van der Waals surface area contributed by atoms with Crippen molar-refractivity contribution >= 4 is 11.6 Å². The molecule has 1 amide bonds. The topological polar surface area (TPSA) is 46.3 Å². The molecule has 2 aromatic carbocycles. The van der Waals surface area contributed by atoms with Crippen LogP contribution in [0.3, 0.4) is 0 Å². The fraction of sp³-hybridized carbons (Fsp3) is 0.200. The highest BCUT2D eigenvalue weighted by Gasteiger charge is 2.32. The molecule has 0 bridgehead atoms. The summed E-state index contributed by atoms with van der Waals surface area (Å²) in [6.45, 7) is 1.69. The van der Waals surface area contributed by atoms with Crippen LogP contribution in [0.2, 0.25) is 0 Å². The Morgan fingerprint density at radius 1 is 0.824 bits per heavy atom. The van der Waals surface area contributed by atoms with E-state index in [1.54, 1.807) is 21.8 Å². The summed E-state index contributed by atoms with van der Waals surface area (Å²) in [4.78, 5) is 17.1. The van der Waals surface area contributed by atoms with Gasteiger partial charge in [0.2, 0.25) is 0 Å². The lowest BCUT2D eigenvalue weighted by atomic mass is 10.1. The molecule has 0 radical (unpaired) electrons. The number of carbonyl (C=O) groups is 1. The third-order valence-electron chi connectivity index (χ3n) is 5.93. The highest BCUT2D eigenvalue weighted by atomic mass is 19.4. The lowest BCUT2D eigenvalue weighted by Crippen LogP contribution is -2.49. The SMILES string of the molecule is O=C(c1cnn(-c2ccccc2)c1-n1cccc1)N1CCN(c2cccc(C(F)(F)F)c2)CC1. The first-order valence-corrected chi connectivity index (χ1v) is 10.9. The van der Waals surface area contributed by atoms with Crippen molar-refractivity contribution in [3.8, 4) is 11.5 Å². The number of para-hydroxylation sites is 1.